The number of amides is 1. The lowest BCUT2D eigenvalue weighted by Gasteiger charge is -2.06. The van der Waals surface area contributed by atoms with Gasteiger partial charge >= 0.3 is 0 Å². The van der Waals surface area contributed by atoms with Gasteiger partial charge in [-0.05, 0) is 49.2 Å². The summed E-state index contributed by atoms with van der Waals surface area (Å²) in [5.74, 6) is 1.10. The van der Waals surface area contributed by atoms with E-state index in [1.807, 2.05) is 34.9 Å². The number of aryl methyl sites for hydroxylation is 2. The lowest BCUT2D eigenvalue weighted by Crippen LogP contribution is -2.25. The standard InChI is InChI=1S/C17H18N4OS/c1-12-6-7-14(9-13(12)2)23-11-17(22)18-10-16-20-19-15-5-3-4-8-21(15)16/h3-9H,10-11H2,1-2H3,(H,18,22). The molecule has 0 fully saturated rings. The fraction of sp³-hybridized carbons (Fsp3) is 0.235. The van der Waals surface area contributed by atoms with Gasteiger partial charge in [-0.15, -0.1) is 22.0 Å². The third-order valence-electron chi connectivity index (χ3n) is 3.68. The number of carbonyl (C=O) groups excluding carboxylic acids is 1. The number of hydrogen-bond donors (Lipinski definition) is 1. The summed E-state index contributed by atoms with van der Waals surface area (Å²) < 4.78 is 1.87. The lowest BCUT2D eigenvalue weighted by atomic mass is 10.1. The molecule has 0 aliphatic carbocycles. The van der Waals surface area contributed by atoms with Crippen LogP contribution in [0.3, 0.4) is 0 Å². The van der Waals surface area contributed by atoms with E-state index in [1.165, 1.54) is 22.9 Å². The molecule has 1 amide bonds. The molecule has 1 N–H and O–H groups in total. The van der Waals surface area contributed by atoms with E-state index in [2.05, 4.69) is 41.5 Å². The van der Waals surface area contributed by atoms with Crippen molar-refractivity contribution in [3.05, 3.63) is 59.5 Å². The Hall–Kier alpha value is -2.34. The van der Waals surface area contributed by atoms with E-state index < -0.39 is 0 Å². The van der Waals surface area contributed by atoms with Crippen molar-refractivity contribution in [2.24, 2.45) is 0 Å². The summed E-state index contributed by atoms with van der Waals surface area (Å²) in [5.41, 5.74) is 3.28. The van der Waals surface area contributed by atoms with Gasteiger partial charge in [0.25, 0.3) is 0 Å². The molecule has 0 aliphatic rings. The molecule has 0 radical (unpaired) electrons. The van der Waals surface area contributed by atoms with Crippen molar-refractivity contribution in [1.82, 2.24) is 19.9 Å². The zero-order valence-corrected chi connectivity index (χ0v) is 13.9. The molecule has 0 bridgehead atoms. The Balaban J connectivity index is 1.54. The molecule has 23 heavy (non-hydrogen) atoms. The Morgan fingerprint density at radius 3 is 2.87 bits per heavy atom. The van der Waals surface area contributed by atoms with Crippen LogP contribution in [0.5, 0.6) is 0 Å². The Morgan fingerprint density at radius 1 is 1.17 bits per heavy atom. The maximum Gasteiger partial charge on any atom is 0.230 e. The number of pyridine rings is 1. The number of thioether (sulfide) groups is 1. The monoisotopic (exact) mass is 326 g/mol. The fourth-order valence-electron chi connectivity index (χ4n) is 2.19. The van der Waals surface area contributed by atoms with Crippen molar-refractivity contribution >= 4 is 23.3 Å². The zero-order chi connectivity index (χ0) is 16.2. The second-order valence-corrected chi connectivity index (χ2v) is 6.41. The van der Waals surface area contributed by atoms with Crippen molar-refractivity contribution in [3.8, 4) is 0 Å². The van der Waals surface area contributed by atoms with E-state index in [0.29, 0.717) is 12.3 Å². The number of fused-ring (bicyclic) bond motifs is 1. The maximum atomic E-state index is 12.0. The predicted octanol–water partition coefficient (Wildman–Crippen LogP) is 2.75. The Labute approximate surface area is 139 Å². The molecule has 1 aromatic carbocycles. The van der Waals surface area contributed by atoms with Gasteiger partial charge in [0.15, 0.2) is 11.5 Å². The molecule has 5 nitrogen and oxygen atoms in total. The molecule has 3 aromatic rings. The van der Waals surface area contributed by atoms with Gasteiger partial charge in [0.2, 0.25) is 5.91 Å². The average Bonchev–Trinajstić information content (AvgIpc) is 2.97. The highest BCUT2D eigenvalue weighted by atomic mass is 32.2. The minimum atomic E-state index is -0.0130. The fourth-order valence-corrected chi connectivity index (χ4v) is 3.02. The van der Waals surface area contributed by atoms with Gasteiger partial charge in [0.1, 0.15) is 0 Å². The summed E-state index contributed by atoms with van der Waals surface area (Å²) in [5, 5.41) is 11.1. The maximum absolute atomic E-state index is 12.0. The number of carbonyl (C=O) groups is 1. The van der Waals surface area contributed by atoms with Gasteiger partial charge in [-0.25, -0.2) is 0 Å². The Morgan fingerprint density at radius 2 is 2.04 bits per heavy atom. The Bertz CT molecular complexity index is 843. The van der Waals surface area contributed by atoms with E-state index >= 15 is 0 Å². The summed E-state index contributed by atoms with van der Waals surface area (Å²) >= 11 is 1.54. The summed E-state index contributed by atoms with van der Waals surface area (Å²) in [7, 11) is 0. The topological polar surface area (TPSA) is 59.3 Å². The van der Waals surface area contributed by atoms with Crippen LogP contribution >= 0.6 is 11.8 Å². The molecule has 2 heterocycles. The van der Waals surface area contributed by atoms with Gasteiger partial charge in [-0.2, -0.15) is 0 Å². The van der Waals surface area contributed by atoms with Crippen LogP contribution in [0, 0.1) is 13.8 Å². The minimum Gasteiger partial charge on any atom is -0.348 e. The van der Waals surface area contributed by atoms with E-state index in [4.69, 9.17) is 0 Å². The van der Waals surface area contributed by atoms with Gasteiger partial charge in [0.05, 0.1) is 12.3 Å². The summed E-state index contributed by atoms with van der Waals surface area (Å²) in [4.78, 5) is 13.1. The Kier molecular flexibility index (Phi) is 4.62. The zero-order valence-electron chi connectivity index (χ0n) is 13.1. The molecule has 6 heteroatoms. The first-order valence-corrected chi connectivity index (χ1v) is 8.37. The number of hydrogen-bond acceptors (Lipinski definition) is 4. The number of benzene rings is 1. The first-order valence-electron chi connectivity index (χ1n) is 7.39. The van der Waals surface area contributed by atoms with E-state index in [9.17, 15) is 4.79 Å². The molecular weight excluding hydrogens is 308 g/mol. The second kappa shape index (κ2) is 6.83. The molecule has 0 atom stereocenters. The summed E-state index contributed by atoms with van der Waals surface area (Å²) in [6, 6.07) is 11.9. The van der Waals surface area contributed by atoms with E-state index in [0.717, 1.165) is 16.4 Å². The van der Waals surface area contributed by atoms with Crippen LogP contribution in [-0.4, -0.2) is 26.3 Å². The molecule has 3 rings (SSSR count). The van der Waals surface area contributed by atoms with Crippen LogP contribution in [0.15, 0.2) is 47.5 Å². The van der Waals surface area contributed by atoms with Crippen LogP contribution in [0.4, 0.5) is 0 Å². The largest absolute Gasteiger partial charge is 0.348 e. The van der Waals surface area contributed by atoms with Crippen molar-refractivity contribution in [2.45, 2.75) is 25.3 Å². The van der Waals surface area contributed by atoms with Crippen molar-refractivity contribution in [1.29, 1.82) is 0 Å². The smallest absolute Gasteiger partial charge is 0.230 e. The third-order valence-corrected chi connectivity index (χ3v) is 4.67. The molecule has 0 spiro atoms. The van der Waals surface area contributed by atoms with Crippen molar-refractivity contribution in [3.63, 3.8) is 0 Å². The molecule has 118 valence electrons. The van der Waals surface area contributed by atoms with Crippen molar-refractivity contribution < 1.29 is 4.79 Å². The van der Waals surface area contributed by atoms with Crippen LogP contribution < -0.4 is 5.32 Å². The van der Waals surface area contributed by atoms with Crippen molar-refractivity contribution in [2.75, 3.05) is 5.75 Å². The van der Waals surface area contributed by atoms with Crippen LogP contribution in [0.1, 0.15) is 17.0 Å². The predicted molar refractivity (Wildman–Crippen MR) is 91.5 cm³/mol. The molecule has 0 unspecified atom stereocenters. The second-order valence-electron chi connectivity index (χ2n) is 5.36. The van der Waals surface area contributed by atoms with E-state index in [1.54, 1.807) is 0 Å². The number of nitrogens with one attached hydrogen (secondary N) is 1. The third kappa shape index (κ3) is 3.71. The van der Waals surface area contributed by atoms with Crippen LogP contribution in [0.2, 0.25) is 0 Å². The molecule has 0 saturated carbocycles. The lowest BCUT2D eigenvalue weighted by molar-refractivity contribution is -0.118. The number of nitrogens with zero attached hydrogens (tertiary/aromatic N) is 3. The van der Waals surface area contributed by atoms with E-state index in [-0.39, 0.29) is 5.91 Å². The molecular formula is C17H18N4OS. The summed E-state index contributed by atoms with van der Waals surface area (Å²) in [6.07, 6.45) is 1.89. The summed E-state index contributed by atoms with van der Waals surface area (Å²) in [6.45, 7) is 4.53. The van der Waals surface area contributed by atoms with Gasteiger partial charge in [-0.1, -0.05) is 12.1 Å². The quantitative estimate of drug-likeness (QED) is 0.733. The highest BCUT2D eigenvalue weighted by Crippen LogP contribution is 2.20. The highest BCUT2D eigenvalue weighted by molar-refractivity contribution is 8.00. The number of aromatic nitrogens is 3. The van der Waals surface area contributed by atoms with Crippen LogP contribution in [-0.2, 0) is 11.3 Å². The normalized spacial score (nSPS) is 10.9. The molecule has 2 aromatic heterocycles. The molecule has 0 saturated heterocycles. The van der Waals surface area contributed by atoms with Gasteiger partial charge < -0.3 is 5.32 Å². The van der Waals surface area contributed by atoms with Crippen LogP contribution in [0.25, 0.3) is 5.65 Å². The molecule has 0 aliphatic heterocycles. The SMILES string of the molecule is Cc1ccc(SCC(=O)NCc2nnc3ccccn23)cc1C. The first kappa shape index (κ1) is 15.6. The average molecular weight is 326 g/mol. The van der Waals surface area contributed by atoms with Gasteiger partial charge in [-0.3, -0.25) is 9.20 Å². The number of rotatable bonds is 5. The van der Waals surface area contributed by atoms with Gasteiger partial charge in [0, 0.05) is 11.1 Å². The highest BCUT2D eigenvalue weighted by Gasteiger charge is 2.07. The first-order chi connectivity index (χ1) is 11.1. The minimum absolute atomic E-state index is 0.0130.